The summed E-state index contributed by atoms with van der Waals surface area (Å²) in [6.45, 7) is 0.797. The smallest absolute Gasteiger partial charge is 0.163 e. The van der Waals surface area contributed by atoms with Crippen LogP contribution in [0.4, 0.5) is 5.69 Å². The summed E-state index contributed by atoms with van der Waals surface area (Å²) in [4.78, 5) is 3.05. The molecule has 0 amide bonds. The summed E-state index contributed by atoms with van der Waals surface area (Å²) in [6.07, 6.45) is 5.61. The second-order valence-corrected chi connectivity index (χ2v) is 4.42. The molecule has 1 aromatic carbocycles. The third kappa shape index (κ3) is 2.49. The van der Waals surface area contributed by atoms with E-state index in [-0.39, 0.29) is 0 Å². The van der Waals surface area contributed by atoms with Crippen LogP contribution in [0.15, 0.2) is 49.1 Å². The largest absolute Gasteiger partial charge is 0.381 e. The number of hydrogen-bond donors (Lipinski definition) is 2. The van der Waals surface area contributed by atoms with Gasteiger partial charge in [-0.1, -0.05) is 12.1 Å². The van der Waals surface area contributed by atoms with E-state index in [0.29, 0.717) is 0 Å². The van der Waals surface area contributed by atoms with Crippen molar-refractivity contribution in [2.45, 2.75) is 6.54 Å². The average molecular weight is 253 g/mol. The van der Waals surface area contributed by atoms with Gasteiger partial charge in [0.15, 0.2) is 5.82 Å². The maximum absolute atomic E-state index is 4.12. The van der Waals surface area contributed by atoms with Crippen molar-refractivity contribution < 1.29 is 0 Å². The van der Waals surface area contributed by atoms with Gasteiger partial charge < -0.3 is 14.9 Å². The van der Waals surface area contributed by atoms with Crippen LogP contribution in [-0.2, 0) is 13.6 Å². The minimum atomic E-state index is 0.797. The Balaban J connectivity index is 1.78. The van der Waals surface area contributed by atoms with Crippen LogP contribution in [-0.4, -0.2) is 19.7 Å². The second-order valence-electron chi connectivity index (χ2n) is 4.42. The number of aromatic amines is 1. The zero-order chi connectivity index (χ0) is 13.1. The minimum absolute atomic E-state index is 0.797. The van der Waals surface area contributed by atoms with Crippen molar-refractivity contribution in [2.24, 2.45) is 7.05 Å². The van der Waals surface area contributed by atoms with Crippen molar-refractivity contribution in [1.29, 1.82) is 0 Å². The predicted octanol–water partition coefficient (Wildman–Crippen LogP) is 2.42. The van der Waals surface area contributed by atoms with Gasteiger partial charge in [0.25, 0.3) is 0 Å². The van der Waals surface area contributed by atoms with E-state index in [1.54, 1.807) is 6.33 Å². The van der Waals surface area contributed by atoms with Crippen LogP contribution >= 0.6 is 0 Å². The summed E-state index contributed by atoms with van der Waals surface area (Å²) < 4.78 is 1.91. The highest BCUT2D eigenvalue weighted by Gasteiger charge is 2.04. The molecule has 5 nitrogen and oxygen atoms in total. The molecule has 0 fully saturated rings. The van der Waals surface area contributed by atoms with Crippen LogP contribution < -0.4 is 5.32 Å². The summed E-state index contributed by atoms with van der Waals surface area (Å²) >= 11 is 0. The van der Waals surface area contributed by atoms with Crippen LogP contribution in [0.25, 0.3) is 11.4 Å². The molecule has 0 radical (unpaired) electrons. The summed E-state index contributed by atoms with van der Waals surface area (Å²) in [6, 6.07) is 10.2. The SMILES string of the molecule is Cn1cnnc1-c1cccc(NCc2cc[nH]c2)c1. The second kappa shape index (κ2) is 4.97. The van der Waals surface area contributed by atoms with Gasteiger partial charge in [0.2, 0.25) is 0 Å². The molecule has 19 heavy (non-hydrogen) atoms. The van der Waals surface area contributed by atoms with Crippen molar-refractivity contribution >= 4 is 5.69 Å². The van der Waals surface area contributed by atoms with E-state index < -0.39 is 0 Å². The number of aromatic nitrogens is 4. The van der Waals surface area contributed by atoms with Crippen molar-refractivity contribution in [3.05, 3.63) is 54.6 Å². The lowest BCUT2D eigenvalue weighted by molar-refractivity contribution is 0.920. The monoisotopic (exact) mass is 253 g/mol. The van der Waals surface area contributed by atoms with Crippen molar-refractivity contribution in [3.63, 3.8) is 0 Å². The highest BCUT2D eigenvalue weighted by atomic mass is 15.2. The molecule has 0 saturated heterocycles. The molecule has 0 aliphatic carbocycles. The highest BCUT2D eigenvalue weighted by molar-refractivity contribution is 5.62. The normalized spacial score (nSPS) is 10.6. The van der Waals surface area contributed by atoms with Crippen LogP contribution in [0.2, 0.25) is 0 Å². The Morgan fingerprint density at radius 3 is 3.00 bits per heavy atom. The van der Waals surface area contributed by atoms with Crippen molar-refractivity contribution in [2.75, 3.05) is 5.32 Å². The zero-order valence-corrected chi connectivity index (χ0v) is 10.7. The molecule has 5 heteroatoms. The van der Waals surface area contributed by atoms with E-state index in [1.807, 2.05) is 42.2 Å². The van der Waals surface area contributed by atoms with Crippen molar-refractivity contribution in [1.82, 2.24) is 19.7 Å². The van der Waals surface area contributed by atoms with Crippen LogP contribution in [0, 0.1) is 0 Å². The Hall–Kier alpha value is -2.56. The topological polar surface area (TPSA) is 58.5 Å². The molecular weight excluding hydrogens is 238 g/mol. The molecule has 3 rings (SSSR count). The molecule has 0 bridgehead atoms. The molecule has 0 aliphatic rings. The number of aryl methyl sites for hydroxylation is 1. The maximum Gasteiger partial charge on any atom is 0.163 e. The fourth-order valence-electron chi connectivity index (χ4n) is 1.99. The van der Waals surface area contributed by atoms with Gasteiger partial charge in [-0.2, -0.15) is 0 Å². The van der Waals surface area contributed by atoms with Crippen LogP contribution in [0.5, 0.6) is 0 Å². The summed E-state index contributed by atoms with van der Waals surface area (Å²) in [5.74, 6) is 0.866. The maximum atomic E-state index is 4.12. The van der Waals surface area contributed by atoms with Crippen LogP contribution in [0.3, 0.4) is 0 Å². The van der Waals surface area contributed by atoms with Crippen molar-refractivity contribution in [3.8, 4) is 11.4 Å². The van der Waals surface area contributed by atoms with Crippen LogP contribution in [0.1, 0.15) is 5.56 Å². The zero-order valence-electron chi connectivity index (χ0n) is 10.7. The Morgan fingerprint density at radius 1 is 1.32 bits per heavy atom. The number of nitrogens with one attached hydrogen (secondary N) is 2. The van der Waals surface area contributed by atoms with Gasteiger partial charge in [0.05, 0.1) is 0 Å². The number of hydrogen-bond acceptors (Lipinski definition) is 3. The van der Waals surface area contributed by atoms with Gasteiger partial charge in [-0.25, -0.2) is 0 Å². The predicted molar refractivity (Wildman–Crippen MR) is 74.6 cm³/mol. The Labute approximate surface area is 111 Å². The van der Waals surface area contributed by atoms with E-state index in [0.717, 1.165) is 23.6 Å². The van der Waals surface area contributed by atoms with Gasteiger partial charge in [0, 0.05) is 37.2 Å². The standard InChI is InChI=1S/C14H15N5/c1-19-10-17-18-14(19)12-3-2-4-13(7-12)16-9-11-5-6-15-8-11/h2-8,10,15-16H,9H2,1H3. The van der Waals surface area contributed by atoms with Gasteiger partial charge in [-0.3, -0.25) is 0 Å². The summed E-state index contributed by atoms with van der Waals surface area (Å²) in [5.41, 5.74) is 3.35. The summed E-state index contributed by atoms with van der Waals surface area (Å²) in [5, 5.41) is 11.4. The van der Waals surface area contributed by atoms with Gasteiger partial charge in [-0.05, 0) is 23.8 Å². The van der Waals surface area contributed by atoms with Gasteiger partial charge >= 0.3 is 0 Å². The lowest BCUT2D eigenvalue weighted by atomic mass is 10.2. The third-order valence-corrected chi connectivity index (χ3v) is 2.99. The number of H-pyrrole nitrogens is 1. The average Bonchev–Trinajstić information content (AvgIpc) is 3.08. The first-order valence-electron chi connectivity index (χ1n) is 6.13. The number of anilines is 1. The fraction of sp³-hybridized carbons (Fsp3) is 0.143. The van der Waals surface area contributed by atoms with E-state index in [1.165, 1.54) is 5.56 Å². The molecule has 0 unspecified atom stereocenters. The first kappa shape index (κ1) is 11.5. The Bertz CT molecular complexity index is 654. The number of nitrogens with zero attached hydrogens (tertiary/aromatic N) is 3. The van der Waals surface area contributed by atoms with E-state index in [9.17, 15) is 0 Å². The number of benzene rings is 1. The molecule has 0 atom stereocenters. The number of rotatable bonds is 4. The molecule has 3 aromatic rings. The molecule has 96 valence electrons. The van der Waals surface area contributed by atoms with E-state index in [2.05, 4.69) is 32.6 Å². The molecule has 0 aliphatic heterocycles. The molecule has 0 saturated carbocycles. The lowest BCUT2D eigenvalue weighted by Crippen LogP contribution is -1.99. The Morgan fingerprint density at radius 2 is 2.26 bits per heavy atom. The quantitative estimate of drug-likeness (QED) is 0.750. The Kier molecular flexibility index (Phi) is 3.02. The first-order chi connectivity index (χ1) is 9.33. The highest BCUT2D eigenvalue weighted by Crippen LogP contribution is 2.20. The minimum Gasteiger partial charge on any atom is -0.381 e. The molecule has 2 heterocycles. The van der Waals surface area contributed by atoms with E-state index >= 15 is 0 Å². The molecule has 0 spiro atoms. The fourth-order valence-corrected chi connectivity index (χ4v) is 1.99. The first-order valence-corrected chi connectivity index (χ1v) is 6.13. The molecule has 2 aromatic heterocycles. The summed E-state index contributed by atoms with van der Waals surface area (Å²) in [7, 11) is 1.94. The third-order valence-electron chi connectivity index (χ3n) is 2.99. The molecule has 2 N–H and O–H groups in total. The van der Waals surface area contributed by atoms with Gasteiger partial charge in [-0.15, -0.1) is 10.2 Å². The van der Waals surface area contributed by atoms with E-state index in [4.69, 9.17) is 0 Å². The lowest BCUT2D eigenvalue weighted by Gasteiger charge is -2.07. The van der Waals surface area contributed by atoms with Gasteiger partial charge in [0.1, 0.15) is 6.33 Å². The molecular formula is C14H15N5.